The average Bonchev–Trinajstić information content (AvgIpc) is 2.64. The number of rotatable bonds is 9. The van der Waals surface area contributed by atoms with Gasteiger partial charge in [0.25, 0.3) is 11.8 Å². The molecule has 2 aromatic carbocycles. The summed E-state index contributed by atoms with van der Waals surface area (Å²) in [5.74, 6) is -1.20. The van der Waals surface area contributed by atoms with E-state index >= 15 is 0 Å². The molecule has 3 N–H and O–H groups in total. The van der Waals surface area contributed by atoms with Crippen molar-refractivity contribution < 1.29 is 28.2 Å². The van der Waals surface area contributed by atoms with Crippen LogP contribution < -0.4 is 25.3 Å². The zero-order valence-electron chi connectivity index (χ0n) is 14.5. The van der Waals surface area contributed by atoms with Crippen LogP contribution in [-0.4, -0.2) is 38.7 Å². The molecular formula is C18H18ClFN2O5. The van der Waals surface area contributed by atoms with Gasteiger partial charge in [-0.05, 0) is 24.3 Å². The predicted molar refractivity (Wildman–Crippen MR) is 96.9 cm³/mol. The Bertz CT molecular complexity index is 831. The Hall–Kier alpha value is -3.00. The quantitative estimate of drug-likeness (QED) is 0.633. The van der Waals surface area contributed by atoms with Gasteiger partial charge in [-0.15, -0.1) is 0 Å². The van der Waals surface area contributed by atoms with E-state index in [4.69, 9.17) is 31.5 Å². The number of carbonyl (C=O) groups excluding carboxylic acids is 2. The van der Waals surface area contributed by atoms with Crippen LogP contribution in [0.2, 0.25) is 5.02 Å². The van der Waals surface area contributed by atoms with Crippen molar-refractivity contribution in [1.82, 2.24) is 5.32 Å². The number of hydrogen-bond acceptors (Lipinski definition) is 5. The third-order valence-corrected chi connectivity index (χ3v) is 3.61. The van der Waals surface area contributed by atoms with Crippen molar-refractivity contribution in [1.29, 1.82) is 0 Å². The number of hydrogen-bond donors (Lipinski definition) is 2. The van der Waals surface area contributed by atoms with Gasteiger partial charge < -0.3 is 25.3 Å². The zero-order valence-corrected chi connectivity index (χ0v) is 15.2. The Kier molecular flexibility index (Phi) is 7.25. The number of nitrogens with two attached hydrogens (primary N) is 1. The Labute approximate surface area is 160 Å². The summed E-state index contributed by atoms with van der Waals surface area (Å²) < 4.78 is 29.0. The Balaban J connectivity index is 1.96. The standard InChI is InChI=1S/C18H18ClFN2O5/c1-25-15-9-11(8-12(19)17(15)27-10-16(21)23)18(24)22-6-7-26-14-5-3-2-4-13(14)20/h2-5,8-9H,6-7,10H2,1H3,(H2,21,23)(H,22,24). The van der Waals surface area contributed by atoms with E-state index in [1.807, 2.05) is 0 Å². The van der Waals surface area contributed by atoms with E-state index in [9.17, 15) is 14.0 Å². The van der Waals surface area contributed by atoms with E-state index in [-0.39, 0.29) is 47.6 Å². The van der Waals surface area contributed by atoms with Crippen molar-refractivity contribution in [2.45, 2.75) is 0 Å². The summed E-state index contributed by atoms with van der Waals surface area (Å²) in [6.07, 6.45) is 0. The minimum absolute atomic E-state index is 0.0807. The maximum Gasteiger partial charge on any atom is 0.255 e. The lowest BCUT2D eigenvalue weighted by Gasteiger charge is -2.13. The van der Waals surface area contributed by atoms with Gasteiger partial charge in [0.2, 0.25) is 0 Å². The molecule has 0 aliphatic rings. The highest BCUT2D eigenvalue weighted by molar-refractivity contribution is 6.32. The lowest BCUT2D eigenvalue weighted by atomic mass is 10.2. The molecule has 2 amide bonds. The molecule has 0 saturated heterocycles. The maximum absolute atomic E-state index is 13.4. The zero-order chi connectivity index (χ0) is 19.8. The largest absolute Gasteiger partial charge is 0.493 e. The lowest BCUT2D eigenvalue weighted by molar-refractivity contribution is -0.119. The van der Waals surface area contributed by atoms with Crippen LogP contribution in [0.3, 0.4) is 0 Å². The number of benzene rings is 2. The van der Waals surface area contributed by atoms with Crippen LogP contribution >= 0.6 is 11.6 Å². The van der Waals surface area contributed by atoms with Crippen LogP contribution in [0, 0.1) is 5.82 Å². The molecule has 0 spiro atoms. The van der Waals surface area contributed by atoms with Gasteiger partial charge in [-0.3, -0.25) is 9.59 Å². The maximum atomic E-state index is 13.4. The number of primary amides is 1. The van der Waals surface area contributed by atoms with Crippen LogP contribution in [0.4, 0.5) is 4.39 Å². The van der Waals surface area contributed by atoms with Crippen molar-refractivity contribution in [3.63, 3.8) is 0 Å². The van der Waals surface area contributed by atoms with E-state index in [0.29, 0.717) is 0 Å². The highest BCUT2D eigenvalue weighted by Gasteiger charge is 2.16. The van der Waals surface area contributed by atoms with Crippen molar-refractivity contribution >= 4 is 23.4 Å². The highest BCUT2D eigenvalue weighted by Crippen LogP contribution is 2.36. The van der Waals surface area contributed by atoms with Gasteiger partial charge in [0, 0.05) is 5.56 Å². The second-order valence-electron chi connectivity index (χ2n) is 5.28. The summed E-state index contributed by atoms with van der Waals surface area (Å²) in [5.41, 5.74) is 5.25. The van der Waals surface area contributed by atoms with E-state index < -0.39 is 17.6 Å². The van der Waals surface area contributed by atoms with Gasteiger partial charge in [0.15, 0.2) is 29.7 Å². The van der Waals surface area contributed by atoms with E-state index in [2.05, 4.69) is 5.32 Å². The monoisotopic (exact) mass is 396 g/mol. The predicted octanol–water partition coefficient (Wildman–Crippen LogP) is 2.16. The number of halogens is 2. The molecule has 7 nitrogen and oxygen atoms in total. The summed E-state index contributed by atoms with van der Waals surface area (Å²) in [4.78, 5) is 23.1. The first-order chi connectivity index (χ1) is 12.9. The van der Waals surface area contributed by atoms with Gasteiger partial charge in [0.05, 0.1) is 18.7 Å². The second kappa shape index (κ2) is 9.63. The molecule has 0 saturated carbocycles. The number of nitrogens with one attached hydrogen (secondary N) is 1. The highest BCUT2D eigenvalue weighted by atomic mass is 35.5. The molecule has 0 atom stereocenters. The fraction of sp³-hybridized carbons (Fsp3) is 0.222. The topological polar surface area (TPSA) is 99.9 Å². The van der Waals surface area contributed by atoms with Gasteiger partial charge in [-0.1, -0.05) is 23.7 Å². The molecule has 27 heavy (non-hydrogen) atoms. The molecule has 0 heterocycles. The smallest absolute Gasteiger partial charge is 0.255 e. The number of methoxy groups -OCH3 is 1. The third-order valence-electron chi connectivity index (χ3n) is 3.33. The third kappa shape index (κ3) is 5.75. The van der Waals surface area contributed by atoms with Crippen LogP contribution in [0.15, 0.2) is 36.4 Å². The lowest BCUT2D eigenvalue weighted by Crippen LogP contribution is -2.28. The molecule has 2 rings (SSSR count). The molecule has 0 bridgehead atoms. The van der Waals surface area contributed by atoms with Gasteiger partial charge >= 0.3 is 0 Å². The minimum Gasteiger partial charge on any atom is -0.493 e. The van der Waals surface area contributed by atoms with Crippen LogP contribution in [0.5, 0.6) is 17.2 Å². The number of para-hydroxylation sites is 1. The SMILES string of the molecule is COc1cc(C(=O)NCCOc2ccccc2F)cc(Cl)c1OCC(N)=O. The van der Waals surface area contributed by atoms with Crippen molar-refractivity contribution in [3.05, 3.63) is 52.8 Å². The normalized spacial score (nSPS) is 10.2. The van der Waals surface area contributed by atoms with Crippen molar-refractivity contribution in [2.24, 2.45) is 5.73 Å². The van der Waals surface area contributed by atoms with Crippen LogP contribution in [-0.2, 0) is 4.79 Å². The van der Waals surface area contributed by atoms with Crippen molar-refractivity contribution in [3.8, 4) is 17.2 Å². The molecule has 0 aromatic heterocycles. The van der Waals surface area contributed by atoms with E-state index in [1.165, 1.54) is 31.4 Å². The van der Waals surface area contributed by atoms with Crippen LogP contribution in [0.1, 0.15) is 10.4 Å². The van der Waals surface area contributed by atoms with E-state index in [0.717, 1.165) is 0 Å². The average molecular weight is 397 g/mol. The number of carbonyl (C=O) groups is 2. The number of ether oxygens (including phenoxy) is 3. The summed E-state index contributed by atoms with van der Waals surface area (Å²) in [5, 5.41) is 2.71. The number of amides is 2. The Morgan fingerprint density at radius 1 is 1.19 bits per heavy atom. The summed E-state index contributed by atoms with van der Waals surface area (Å²) in [6.45, 7) is -0.153. The molecule has 9 heteroatoms. The molecule has 0 unspecified atom stereocenters. The van der Waals surface area contributed by atoms with Gasteiger partial charge in [0.1, 0.15) is 6.61 Å². The first kappa shape index (κ1) is 20.3. The summed E-state index contributed by atoms with van der Waals surface area (Å²) in [7, 11) is 1.37. The molecule has 0 radical (unpaired) electrons. The van der Waals surface area contributed by atoms with Crippen LogP contribution in [0.25, 0.3) is 0 Å². The molecule has 144 valence electrons. The minimum atomic E-state index is -0.676. The summed E-state index contributed by atoms with van der Waals surface area (Å²) in [6, 6.07) is 8.75. The molecule has 2 aromatic rings. The second-order valence-corrected chi connectivity index (χ2v) is 5.69. The molecule has 0 aliphatic heterocycles. The van der Waals surface area contributed by atoms with Crippen molar-refractivity contribution in [2.75, 3.05) is 26.9 Å². The van der Waals surface area contributed by atoms with Gasteiger partial charge in [-0.2, -0.15) is 0 Å². The Morgan fingerprint density at radius 2 is 1.93 bits per heavy atom. The first-order valence-corrected chi connectivity index (χ1v) is 8.24. The molecule has 0 aliphatic carbocycles. The molecule has 0 fully saturated rings. The first-order valence-electron chi connectivity index (χ1n) is 7.86. The fourth-order valence-electron chi connectivity index (χ4n) is 2.12. The molecular weight excluding hydrogens is 379 g/mol. The van der Waals surface area contributed by atoms with Gasteiger partial charge in [-0.25, -0.2) is 4.39 Å². The van der Waals surface area contributed by atoms with E-state index in [1.54, 1.807) is 12.1 Å². The summed E-state index contributed by atoms with van der Waals surface area (Å²) >= 11 is 6.10. The Morgan fingerprint density at radius 3 is 2.59 bits per heavy atom. The fourth-order valence-corrected chi connectivity index (χ4v) is 2.39.